The van der Waals surface area contributed by atoms with Crippen LogP contribution < -0.4 is 0 Å². The molecular weight excluding hydrogens is 953 g/mol. The molecule has 10 nitrogen and oxygen atoms in total. The van der Waals surface area contributed by atoms with Gasteiger partial charge in [0.1, 0.15) is 21.0 Å². The lowest BCUT2D eigenvalue weighted by molar-refractivity contribution is 0.619. The lowest BCUT2D eigenvalue weighted by Crippen LogP contribution is -1.89. The van der Waals surface area contributed by atoms with E-state index in [0.717, 1.165) is 116 Å². The van der Waals surface area contributed by atoms with Crippen molar-refractivity contribution >= 4 is 65.3 Å². The molecule has 12 heteroatoms. The molecule has 8 aromatic heterocycles. The molecule has 0 saturated heterocycles. The van der Waals surface area contributed by atoms with Crippen LogP contribution >= 0.6 is 22.7 Å². The van der Waals surface area contributed by atoms with Gasteiger partial charge in [0, 0.05) is 83.0 Å². The molecule has 0 bridgehead atoms. The van der Waals surface area contributed by atoms with E-state index in [1.54, 1.807) is 35.1 Å². The quantitative estimate of drug-likeness (QED) is 0.145. The second-order valence-corrected chi connectivity index (χ2v) is 20.0. The van der Waals surface area contributed by atoms with Crippen molar-refractivity contribution in [2.24, 2.45) is 0 Å². The zero-order chi connectivity index (χ0) is 49.5. The van der Waals surface area contributed by atoms with Crippen LogP contribution in [-0.2, 0) is 0 Å². The fraction of sp³-hybridized carbons (Fsp3) is 0.0323. The number of benzene rings is 6. The first-order valence-electron chi connectivity index (χ1n) is 23.9. The van der Waals surface area contributed by atoms with Gasteiger partial charge in [0.25, 0.3) is 0 Å². The first kappa shape index (κ1) is 44.6. The lowest BCUT2D eigenvalue weighted by atomic mass is 9.97. The molecule has 0 atom stereocenters. The first-order valence-corrected chi connectivity index (χ1v) is 25.5. The maximum absolute atomic E-state index is 5.96. The summed E-state index contributed by atoms with van der Waals surface area (Å²) in [5, 5.41) is 1.97. The summed E-state index contributed by atoms with van der Waals surface area (Å²) >= 11 is 3.39. The molecule has 0 spiro atoms. The molecule has 0 aliphatic rings. The third kappa shape index (κ3) is 9.00. The summed E-state index contributed by atoms with van der Waals surface area (Å²) in [4.78, 5) is 37.0. The van der Waals surface area contributed by atoms with Crippen LogP contribution in [0.2, 0.25) is 0 Å². The Bertz CT molecular complexity index is 3720. The van der Waals surface area contributed by atoms with Crippen LogP contribution in [0.3, 0.4) is 0 Å². The highest BCUT2D eigenvalue weighted by Crippen LogP contribution is 2.37. The topological polar surface area (TPSA) is 129 Å². The molecule has 6 aromatic carbocycles. The standard InChI is InChI=1S/C31H20N4O2.C31H20N4S2/c2*1-19-10-20(22-13-24(17-32-15-22)30-34-26-6-2-4-8-28(26)36-30)12-21(11-19)23-14-25(18-33-16-23)31-35-27-7-3-5-9-29(27)37-31/h2*2-18H,1H3. The molecule has 0 radical (unpaired) electrons. The van der Waals surface area contributed by atoms with E-state index in [0.29, 0.717) is 11.8 Å². The molecule has 0 aliphatic heterocycles. The highest BCUT2D eigenvalue weighted by Gasteiger charge is 2.15. The van der Waals surface area contributed by atoms with E-state index in [1.165, 1.54) is 15.0 Å². The summed E-state index contributed by atoms with van der Waals surface area (Å²) in [5.74, 6) is 1.11. The summed E-state index contributed by atoms with van der Waals surface area (Å²) < 4.78 is 14.3. The molecule has 0 amide bonds. The number of nitrogens with zero attached hydrogens (tertiary/aromatic N) is 8. The molecular formula is C62H40N8O2S2. The summed E-state index contributed by atoms with van der Waals surface area (Å²) in [6, 6.07) is 53.5. The van der Waals surface area contributed by atoms with Gasteiger partial charge in [0.15, 0.2) is 11.2 Å². The van der Waals surface area contributed by atoms with Gasteiger partial charge in [0.2, 0.25) is 11.8 Å². The second kappa shape index (κ2) is 19.0. The molecule has 0 aliphatic carbocycles. The number of hydrogen-bond acceptors (Lipinski definition) is 12. The van der Waals surface area contributed by atoms with Crippen molar-refractivity contribution in [3.63, 3.8) is 0 Å². The van der Waals surface area contributed by atoms with Gasteiger partial charge in [-0.2, -0.15) is 0 Å². The number of thiazole rings is 2. The number of fused-ring (bicyclic) bond motifs is 4. The normalized spacial score (nSPS) is 11.4. The molecule has 14 rings (SSSR count). The van der Waals surface area contributed by atoms with Gasteiger partial charge in [-0.25, -0.2) is 19.9 Å². The van der Waals surface area contributed by atoms with E-state index in [4.69, 9.17) is 18.8 Å². The van der Waals surface area contributed by atoms with Crippen molar-refractivity contribution in [2.45, 2.75) is 13.8 Å². The van der Waals surface area contributed by atoms with Gasteiger partial charge in [-0.3, -0.25) is 19.9 Å². The number of oxazole rings is 2. The van der Waals surface area contributed by atoms with Gasteiger partial charge in [-0.05, 0) is 132 Å². The Balaban J connectivity index is 0.000000143. The zero-order valence-electron chi connectivity index (χ0n) is 39.8. The largest absolute Gasteiger partial charge is 0.436 e. The average Bonchev–Trinajstić information content (AvgIpc) is 4.28. The van der Waals surface area contributed by atoms with Crippen molar-refractivity contribution in [1.82, 2.24) is 39.9 Å². The van der Waals surface area contributed by atoms with Crippen molar-refractivity contribution < 1.29 is 8.83 Å². The number of aryl methyl sites for hydroxylation is 2. The van der Waals surface area contributed by atoms with Crippen molar-refractivity contribution in [1.29, 1.82) is 0 Å². The average molecular weight is 993 g/mol. The summed E-state index contributed by atoms with van der Waals surface area (Å²) in [6.45, 7) is 4.21. The maximum Gasteiger partial charge on any atom is 0.228 e. The van der Waals surface area contributed by atoms with E-state index in [1.807, 2.05) is 110 Å². The number of pyridine rings is 4. The maximum atomic E-state index is 5.96. The molecule has 0 fully saturated rings. The van der Waals surface area contributed by atoms with E-state index >= 15 is 0 Å². The summed E-state index contributed by atoms with van der Waals surface area (Å²) in [6.07, 6.45) is 14.9. The highest BCUT2D eigenvalue weighted by atomic mass is 32.1. The van der Waals surface area contributed by atoms with Crippen LogP contribution in [0.1, 0.15) is 11.1 Å². The smallest absolute Gasteiger partial charge is 0.228 e. The third-order valence-corrected chi connectivity index (χ3v) is 14.8. The van der Waals surface area contributed by atoms with Gasteiger partial charge >= 0.3 is 0 Å². The monoisotopic (exact) mass is 992 g/mol. The Morgan fingerprint density at radius 3 is 0.986 bits per heavy atom. The number of hydrogen-bond donors (Lipinski definition) is 0. The minimum absolute atomic E-state index is 0.554. The van der Waals surface area contributed by atoms with Gasteiger partial charge in [0.05, 0.1) is 31.6 Å². The van der Waals surface area contributed by atoms with Crippen molar-refractivity contribution in [3.8, 4) is 88.6 Å². The third-order valence-electron chi connectivity index (χ3n) is 12.6. The molecule has 0 saturated carbocycles. The minimum atomic E-state index is 0.554. The molecule has 352 valence electrons. The van der Waals surface area contributed by atoms with Crippen LogP contribution in [0.15, 0.2) is 216 Å². The fourth-order valence-electron chi connectivity index (χ4n) is 9.07. The second-order valence-electron chi connectivity index (χ2n) is 18.0. The Kier molecular flexibility index (Phi) is 11.4. The molecule has 0 unspecified atom stereocenters. The fourth-order valence-corrected chi connectivity index (χ4v) is 11.0. The Hall–Kier alpha value is -9.36. The van der Waals surface area contributed by atoms with Gasteiger partial charge in [-0.15, -0.1) is 22.7 Å². The SMILES string of the molecule is Cc1cc(-c2cncc(-c3nc4ccccc4o3)c2)cc(-c2cncc(-c3nc4ccccc4o3)c2)c1.Cc1cc(-c2cncc(-c3nc4ccccc4s3)c2)cc(-c2cncc(-c3nc4ccccc4s3)c2)c1. The van der Waals surface area contributed by atoms with Crippen LogP contribution in [0.25, 0.3) is 131 Å². The van der Waals surface area contributed by atoms with Crippen LogP contribution in [0.4, 0.5) is 0 Å². The molecule has 0 N–H and O–H groups in total. The molecule has 14 aromatic rings. The van der Waals surface area contributed by atoms with Crippen molar-refractivity contribution in [3.05, 3.63) is 218 Å². The predicted octanol–water partition coefficient (Wildman–Crippen LogP) is 16.4. The van der Waals surface area contributed by atoms with Crippen LogP contribution in [0, 0.1) is 13.8 Å². The first-order chi connectivity index (χ1) is 36.4. The van der Waals surface area contributed by atoms with Gasteiger partial charge < -0.3 is 8.83 Å². The van der Waals surface area contributed by atoms with E-state index in [2.05, 4.69) is 129 Å². The van der Waals surface area contributed by atoms with Crippen molar-refractivity contribution in [2.75, 3.05) is 0 Å². The molecule has 74 heavy (non-hydrogen) atoms. The molecule has 8 heterocycles. The highest BCUT2D eigenvalue weighted by molar-refractivity contribution is 7.22. The lowest BCUT2D eigenvalue weighted by Gasteiger charge is -2.10. The number of aromatic nitrogens is 8. The van der Waals surface area contributed by atoms with E-state index < -0.39 is 0 Å². The Labute approximate surface area is 432 Å². The Morgan fingerprint density at radius 1 is 0.297 bits per heavy atom. The Morgan fingerprint density at radius 2 is 0.608 bits per heavy atom. The minimum Gasteiger partial charge on any atom is -0.436 e. The van der Waals surface area contributed by atoms with E-state index in [9.17, 15) is 0 Å². The van der Waals surface area contributed by atoms with Crippen LogP contribution in [-0.4, -0.2) is 39.9 Å². The van der Waals surface area contributed by atoms with E-state index in [-0.39, 0.29) is 0 Å². The predicted molar refractivity (Wildman–Crippen MR) is 299 cm³/mol. The number of rotatable bonds is 8. The van der Waals surface area contributed by atoms with Gasteiger partial charge in [-0.1, -0.05) is 72.8 Å². The van der Waals surface area contributed by atoms with Crippen LogP contribution in [0.5, 0.6) is 0 Å². The number of para-hydroxylation sites is 6. The summed E-state index contributed by atoms with van der Waals surface area (Å²) in [7, 11) is 0. The summed E-state index contributed by atoms with van der Waals surface area (Å²) in [5.41, 5.74) is 19.7. The zero-order valence-corrected chi connectivity index (χ0v) is 41.5.